The molecule has 4 heterocycles. The van der Waals surface area contributed by atoms with E-state index >= 15 is 0 Å². The lowest BCUT2D eigenvalue weighted by Crippen LogP contribution is -2.36. The van der Waals surface area contributed by atoms with Crippen LogP contribution in [0, 0.1) is 0 Å². The molecule has 0 amide bonds. The molecule has 3 nitrogen and oxygen atoms in total. The number of aromatic nitrogens is 1. The summed E-state index contributed by atoms with van der Waals surface area (Å²) in [4.78, 5) is 1.33. The Hall–Kier alpha value is -6.24. The molecule has 1 aliphatic heterocycles. The van der Waals surface area contributed by atoms with Crippen LogP contribution in [0.4, 0.5) is 5.69 Å². The number of nitrogens with one attached hydrogen (secondary N) is 2. The van der Waals surface area contributed by atoms with Crippen molar-refractivity contribution in [1.29, 1.82) is 0 Å². The van der Waals surface area contributed by atoms with Crippen LogP contribution in [0.15, 0.2) is 176 Å². The SMILES string of the molecule is c1ccc(-c2ccc(C3NC(c4cc5ccccc5c5c4sc4cc(-n6c7ccccc7c7ccccc76)ccc45)Nc4c3sc3ccccc43)cc2)cc1. The van der Waals surface area contributed by atoms with E-state index in [1.165, 1.54) is 101 Å². The third kappa shape index (κ3) is 4.77. The first-order valence-electron chi connectivity index (χ1n) is 18.8. The predicted molar refractivity (Wildman–Crippen MR) is 236 cm³/mol. The van der Waals surface area contributed by atoms with Gasteiger partial charge in [0.2, 0.25) is 0 Å². The highest BCUT2D eigenvalue weighted by Gasteiger charge is 2.33. The molecule has 2 N–H and O–H groups in total. The van der Waals surface area contributed by atoms with Gasteiger partial charge in [-0.3, -0.25) is 5.32 Å². The summed E-state index contributed by atoms with van der Waals surface area (Å²) >= 11 is 3.80. The zero-order valence-electron chi connectivity index (χ0n) is 29.7. The predicted octanol–water partition coefficient (Wildman–Crippen LogP) is 14.0. The highest BCUT2D eigenvalue weighted by Crippen LogP contribution is 2.49. The Bertz CT molecular complexity index is 3230. The maximum atomic E-state index is 4.14. The third-order valence-electron chi connectivity index (χ3n) is 11.5. The molecule has 1 aliphatic rings. The second-order valence-electron chi connectivity index (χ2n) is 14.5. The minimum Gasteiger partial charge on any atom is -0.364 e. The number of hydrogen-bond acceptors (Lipinski definition) is 4. The Labute approximate surface area is 325 Å². The summed E-state index contributed by atoms with van der Waals surface area (Å²) in [5.74, 6) is 0. The quantitative estimate of drug-likeness (QED) is 0.188. The second-order valence-corrected chi connectivity index (χ2v) is 16.7. The molecule has 0 bridgehead atoms. The fraction of sp³-hybridized carbons (Fsp3) is 0.0400. The van der Waals surface area contributed by atoms with Gasteiger partial charge in [0.25, 0.3) is 0 Å². The number of nitrogens with zero attached hydrogens (tertiary/aromatic N) is 1. The number of hydrogen-bond donors (Lipinski definition) is 2. The Kier molecular flexibility index (Phi) is 6.87. The van der Waals surface area contributed by atoms with Gasteiger partial charge in [-0.1, -0.05) is 140 Å². The number of para-hydroxylation sites is 2. The summed E-state index contributed by atoms with van der Waals surface area (Å²) in [6.07, 6.45) is -0.110. The number of benzene rings is 8. The first kappa shape index (κ1) is 31.1. The van der Waals surface area contributed by atoms with E-state index in [2.05, 4.69) is 191 Å². The summed E-state index contributed by atoms with van der Waals surface area (Å²) in [7, 11) is 0. The fourth-order valence-electron chi connectivity index (χ4n) is 8.95. The van der Waals surface area contributed by atoms with E-state index in [0.29, 0.717) is 0 Å². The van der Waals surface area contributed by atoms with E-state index in [4.69, 9.17) is 0 Å². The molecule has 0 spiro atoms. The van der Waals surface area contributed by atoms with Crippen LogP contribution in [0.1, 0.15) is 28.2 Å². The van der Waals surface area contributed by atoms with E-state index in [1.54, 1.807) is 0 Å². The van der Waals surface area contributed by atoms with Gasteiger partial charge in [0.05, 0.1) is 27.6 Å². The van der Waals surface area contributed by atoms with Crippen molar-refractivity contribution in [2.45, 2.75) is 12.2 Å². The van der Waals surface area contributed by atoms with Crippen molar-refractivity contribution in [3.05, 3.63) is 192 Å². The maximum Gasteiger partial charge on any atom is 0.105 e. The molecule has 0 aliphatic carbocycles. The molecule has 11 aromatic rings. The minimum absolute atomic E-state index is 0.0290. The molecular weight excluding hydrogens is 707 g/mol. The normalized spacial score (nSPS) is 15.7. The standard InChI is InChI=1S/C50H33N3S2/c1-2-12-30(13-3-1)31-22-24-32(25-23-31)46-49-47(39-18-8-11-21-43(39)54-49)52-50(51-46)40-28-33-14-4-5-15-35(33)45-38-27-26-34(29-44(38)55-48(40)45)53-41-19-9-6-16-36(41)37-17-7-10-20-42(37)53/h1-29,46,50-52H. The second kappa shape index (κ2) is 12.1. The topological polar surface area (TPSA) is 29.0 Å². The smallest absolute Gasteiger partial charge is 0.105 e. The van der Waals surface area contributed by atoms with Gasteiger partial charge < -0.3 is 9.88 Å². The highest BCUT2D eigenvalue weighted by atomic mass is 32.1. The third-order valence-corrected chi connectivity index (χ3v) is 13.9. The van der Waals surface area contributed by atoms with Crippen LogP contribution in [0.25, 0.3) is 79.7 Å². The molecule has 0 saturated carbocycles. The van der Waals surface area contributed by atoms with E-state index in [1.807, 2.05) is 22.7 Å². The first-order valence-corrected chi connectivity index (χ1v) is 20.5. The molecule has 0 saturated heterocycles. The molecule has 12 rings (SSSR count). The zero-order valence-corrected chi connectivity index (χ0v) is 31.3. The van der Waals surface area contributed by atoms with Crippen LogP contribution in [0.2, 0.25) is 0 Å². The Morgan fingerprint density at radius 1 is 0.491 bits per heavy atom. The average Bonchev–Trinajstić information content (AvgIpc) is 3.93. The van der Waals surface area contributed by atoms with Crippen molar-refractivity contribution in [2.75, 3.05) is 5.32 Å². The largest absolute Gasteiger partial charge is 0.364 e. The number of fused-ring (bicyclic) bond motifs is 11. The average molecular weight is 740 g/mol. The van der Waals surface area contributed by atoms with Crippen molar-refractivity contribution in [3.8, 4) is 16.8 Å². The summed E-state index contributed by atoms with van der Waals surface area (Å²) in [6, 6.07) is 64.6. The van der Waals surface area contributed by atoms with Crippen LogP contribution in [0.5, 0.6) is 0 Å². The Balaban J connectivity index is 1.05. The van der Waals surface area contributed by atoms with Crippen molar-refractivity contribution in [3.63, 3.8) is 0 Å². The molecule has 0 fully saturated rings. The summed E-state index contributed by atoms with van der Waals surface area (Å²) < 4.78 is 6.34. The summed E-state index contributed by atoms with van der Waals surface area (Å²) in [5.41, 5.74) is 9.89. The van der Waals surface area contributed by atoms with E-state index in [9.17, 15) is 0 Å². The fourth-order valence-corrected chi connectivity index (χ4v) is 11.5. The lowest BCUT2D eigenvalue weighted by atomic mass is 9.95. The molecule has 5 heteroatoms. The van der Waals surface area contributed by atoms with E-state index < -0.39 is 0 Å². The lowest BCUT2D eigenvalue weighted by molar-refractivity contribution is 0.517. The van der Waals surface area contributed by atoms with Gasteiger partial charge in [0, 0.05) is 52.3 Å². The van der Waals surface area contributed by atoms with Gasteiger partial charge in [0.1, 0.15) is 6.17 Å². The molecule has 2 unspecified atom stereocenters. The molecule has 3 aromatic heterocycles. The first-order chi connectivity index (χ1) is 27.3. The van der Waals surface area contributed by atoms with Gasteiger partial charge in [-0.25, -0.2) is 0 Å². The van der Waals surface area contributed by atoms with E-state index in [0.717, 1.165) is 0 Å². The Morgan fingerprint density at radius 3 is 1.93 bits per heavy atom. The number of rotatable bonds is 4. The molecule has 2 atom stereocenters. The molecule has 0 radical (unpaired) electrons. The van der Waals surface area contributed by atoms with Gasteiger partial charge in [-0.05, 0) is 63.9 Å². The van der Waals surface area contributed by atoms with Gasteiger partial charge >= 0.3 is 0 Å². The highest BCUT2D eigenvalue weighted by molar-refractivity contribution is 7.26. The van der Waals surface area contributed by atoms with Crippen molar-refractivity contribution in [1.82, 2.24) is 9.88 Å². The summed E-state index contributed by atoms with van der Waals surface area (Å²) in [6.45, 7) is 0. The lowest BCUT2D eigenvalue weighted by Gasteiger charge is -2.34. The monoisotopic (exact) mass is 739 g/mol. The van der Waals surface area contributed by atoms with Crippen LogP contribution in [-0.2, 0) is 0 Å². The zero-order chi connectivity index (χ0) is 36.0. The van der Waals surface area contributed by atoms with Gasteiger partial charge in [-0.2, -0.15) is 0 Å². The van der Waals surface area contributed by atoms with Gasteiger partial charge in [0.15, 0.2) is 0 Å². The van der Waals surface area contributed by atoms with Gasteiger partial charge in [-0.15, -0.1) is 22.7 Å². The molecule has 8 aromatic carbocycles. The van der Waals surface area contributed by atoms with Crippen LogP contribution < -0.4 is 10.6 Å². The van der Waals surface area contributed by atoms with Crippen molar-refractivity contribution < 1.29 is 0 Å². The van der Waals surface area contributed by atoms with Crippen molar-refractivity contribution in [2.24, 2.45) is 0 Å². The molecular formula is C50H33N3S2. The minimum atomic E-state index is -0.110. The van der Waals surface area contributed by atoms with Crippen LogP contribution >= 0.6 is 22.7 Å². The molecule has 260 valence electrons. The Morgan fingerprint density at radius 2 is 1.15 bits per heavy atom. The van der Waals surface area contributed by atoms with E-state index in [-0.39, 0.29) is 12.2 Å². The maximum absolute atomic E-state index is 4.14. The number of anilines is 1. The number of thiophene rings is 2. The van der Waals surface area contributed by atoms with Crippen LogP contribution in [0.3, 0.4) is 0 Å². The molecule has 55 heavy (non-hydrogen) atoms. The van der Waals surface area contributed by atoms with Crippen molar-refractivity contribution >= 4 is 91.2 Å². The van der Waals surface area contributed by atoms with Crippen LogP contribution in [-0.4, -0.2) is 4.57 Å². The summed E-state index contributed by atoms with van der Waals surface area (Å²) in [5, 5.41) is 17.2.